The van der Waals surface area contributed by atoms with Gasteiger partial charge in [0.25, 0.3) is 0 Å². The summed E-state index contributed by atoms with van der Waals surface area (Å²) in [6, 6.07) is 11.6. The van der Waals surface area contributed by atoms with Gasteiger partial charge < -0.3 is 9.15 Å². The molecule has 1 aromatic carbocycles. The Morgan fingerprint density at radius 1 is 1.17 bits per heavy atom. The summed E-state index contributed by atoms with van der Waals surface area (Å²) in [5.41, 5.74) is 1.04. The van der Waals surface area contributed by atoms with Crippen LogP contribution in [0.4, 0.5) is 0 Å². The zero-order valence-corrected chi connectivity index (χ0v) is 10.4. The van der Waals surface area contributed by atoms with Crippen molar-refractivity contribution in [3.63, 3.8) is 0 Å². The molecule has 0 spiro atoms. The minimum absolute atomic E-state index is 0.512. The summed E-state index contributed by atoms with van der Waals surface area (Å²) in [4.78, 5) is 4.17. The van der Waals surface area contributed by atoms with E-state index in [-0.39, 0.29) is 0 Å². The van der Waals surface area contributed by atoms with Crippen molar-refractivity contribution in [2.75, 3.05) is 0 Å². The lowest BCUT2D eigenvalue weighted by Crippen LogP contribution is -1.94. The van der Waals surface area contributed by atoms with E-state index in [1.54, 1.807) is 23.8 Å². The Bertz CT molecular complexity index is 585. The summed E-state index contributed by atoms with van der Waals surface area (Å²) in [7, 11) is 0. The van der Waals surface area contributed by atoms with E-state index < -0.39 is 0 Å². The van der Waals surface area contributed by atoms with Crippen molar-refractivity contribution in [1.29, 1.82) is 0 Å². The molecule has 0 saturated carbocycles. The number of hydrogen-bond acceptors (Lipinski definition) is 4. The predicted molar refractivity (Wildman–Crippen MR) is 70.6 cm³/mol. The molecule has 0 aliphatic rings. The average molecular weight is 257 g/mol. The van der Waals surface area contributed by atoms with Crippen LogP contribution in [0.25, 0.3) is 11.3 Å². The third kappa shape index (κ3) is 2.43. The van der Waals surface area contributed by atoms with Crippen LogP contribution in [0.1, 0.15) is 5.01 Å². The zero-order valence-electron chi connectivity index (χ0n) is 9.58. The van der Waals surface area contributed by atoms with E-state index in [0.717, 1.165) is 22.1 Å². The number of nitrogens with zero attached hydrogens (tertiary/aromatic N) is 1. The van der Waals surface area contributed by atoms with Crippen LogP contribution in [-0.4, -0.2) is 4.98 Å². The second-order valence-corrected chi connectivity index (χ2v) is 4.70. The third-order valence-corrected chi connectivity index (χ3v) is 3.26. The van der Waals surface area contributed by atoms with Crippen molar-refractivity contribution in [3.05, 3.63) is 59.2 Å². The fourth-order valence-corrected chi connectivity index (χ4v) is 2.16. The molecule has 0 fully saturated rings. The number of hydrogen-bond donors (Lipinski definition) is 0. The maximum Gasteiger partial charge on any atom is 0.140 e. The van der Waals surface area contributed by atoms with Crippen molar-refractivity contribution in [1.82, 2.24) is 4.98 Å². The van der Waals surface area contributed by atoms with Gasteiger partial charge in [0.15, 0.2) is 0 Å². The largest absolute Gasteiger partial charge is 0.486 e. The summed E-state index contributed by atoms with van der Waals surface area (Å²) >= 11 is 1.59. The zero-order chi connectivity index (χ0) is 12.2. The lowest BCUT2D eigenvalue weighted by Gasteiger charge is -2.04. The van der Waals surface area contributed by atoms with E-state index in [9.17, 15) is 0 Å². The molecule has 0 bridgehead atoms. The van der Waals surface area contributed by atoms with Gasteiger partial charge in [-0.05, 0) is 36.4 Å². The first-order valence-electron chi connectivity index (χ1n) is 5.57. The van der Waals surface area contributed by atoms with Crippen LogP contribution in [0, 0.1) is 0 Å². The van der Waals surface area contributed by atoms with Gasteiger partial charge in [0.1, 0.15) is 23.1 Å². The van der Waals surface area contributed by atoms with E-state index in [4.69, 9.17) is 9.15 Å². The van der Waals surface area contributed by atoms with Gasteiger partial charge in [-0.25, -0.2) is 4.98 Å². The molecular weight excluding hydrogens is 246 g/mol. The van der Waals surface area contributed by atoms with Gasteiger partial charge in [0.05, 0.1) is 6.26 Å². The van der Waals surface area contributed by atoms with Crippen molar-refractivity contribution in [3.8, 4) is 17.1 Å². The van der Waals surface area contributed by atoms with Crippen molar-refractivity contribution in [2.45, 2.75) is 6.61 Å². The first kappa shape index (κ1) is 11.0. The second-order valence-electron chi connectivity index (χ2n) is 3.72. The number of aromatic nitrogens is 1. The topological polar surface area (TPSA) is 35.3 Å². The Hall–Kier alpha value is -2.07. The highest BCUT2D eigenvalue weighted by Crippen LogP contribution is 2.23. The number of benzene rings is 1. The summed E-state index contributed by atoms with van der Waals surface area (Å²) < 4.78 is 11.0. The van der Waals surface area contributed by atoms with E-state index in [1.165, 1.54) is 0 Å². The highest BCUT2D eigenvalue weighted by atomic mass is 32.1. The van der Waals surface area contributed by atoms with Crippen molar-refractivity contribution < 1.29 is 9.15 Å². The predicted octanol–water partition coefficient (Wildman–Crippen LogP) is 3.98. The Morgan fingerprint density at radius 2 is 2.06 bits per heavy atom. The van der Waals surface area contributed by atoms with Crippen LogP contribution >= 0.6 is 11.3 Å². The molecule has 18 heavy (non-hydrogen) atoms. The summed E-state index contributed by atoms with van der Waals surface area (Å²) in [5, 5.41) is 2.92. The van der Waals surface area contributed by atoms with Crippen LogP contribution in [-0.2, 0) is 6.61 Å². The molecule has 0 aliphatic heterocycles. The molecule has 2 aromatic heterocycles. The molecule has 0 atom stereocenters. The van der Waals surface area contributed by atoms with Gasteiger partial charge in [0.2, 0.25) is 0 Å². The Morgan fingerprint density at radius 3 is 2.72 bits per heavy atom. The normalized spacial score (nSPS) is 10.4. The standard InChI is InChI=1S/C14H11NO2S/c1-2-13(16-8-1)11-3-5-12(6-4-11)17-10-14-15-7-9-18-14/h1-9H,10H2. The minimum atomic E-state index is 0.512. The summed E-state index contributed by atoms with van der Waals surface area (Å²) in [6.45, 7) is 0.512. The highest BCUT2D eigenvalue weighted by molar-refractivity contribution is 7.09. The maximum absolute atomic E-state index is 5.64. The number of furan rings is 1. The van der Waals surface area contributed by atoms with Crippen LogP contribution < -0.4 is 4.74 Å². The lowest BCUT2D eigenvalue weighted by molar-refractivity contribution is 0.305. The van der Waals surface area contributed by atoms with Gasteiger partial charge in [-0.3, -0.25) is 0 Å². The molecule has 90 valence electrons. The molecule has 4 heteroatoms. The maximum atomic E-state index is 5.64. The molecule has 2 heterocycles. The first-order chi connectivity index (χ1) is 8.92. The molecule has 0 radical (unpaired) electrons. The fourth-order valence-electron chi connectivity index (χ4n) is 1.63. The monoisotopic (exact) mass is 257 g/mol. The molecule has 3 rings (SSSR count). The molecule has 0 amide bonds. The molecule has 0 unspecified atom stereocenters. The molecule has 0 saturated heterocycles. The smallest absolute Gasteiger partial charge is 0.140 e. The minimum Gasteiger partial charge on any atom is -0.486 e. The Labute approximate surface area is 109 Å². The first-order valence-corrected chi connectivity index (χ1v) is 6.45. The van der Waals surface area contributed by atoms with Gasteiger partial charge in [-0.1, -0.05) is 0 Å². The number of ether oxygens (including phenoxy) is 1. The van der Waals surface area contributed by atoms with Crippen molar-refractivity contribution >= 4 is 11.3 Å². The van der Waals surface area contributed by atoms with Crippen LogP contribution in [0.5, 0.6) is 5.75 Å². The summed E-state index contributed by atoms with van der Waals surface area (Å²) in [6.07, 6.45) is 3.45. The van der Waals surface area contributed by atoms with Gasteiger partial charge in [-0.15, -0.1) is 11.3 Å². The quantitative estimate of drug-likeness (QED) is 0.709. The molecule has 3 nitrogen and oxygen atoms in total. The average Bonchev–Trinajstić information content (AvgIpc) is 3.10. The van der Waals surface area contributed by atoms with Gasteiger partial charge in [-0.2, -0.15) is 0 Å². The van der Waals surface area contributed by atoms with Gasteiger partial charge in [0, 0.05) is 17.1 Å². The molecule has 3 aromatic rings. The number of rotatable bonds is 4. The Kier molecular flexibility index (Phi) is 3.10. The SMILES string of the molecule is c1coc(-c2ccc(OCc3nccs3)cc2)c1. The number of thiazole rings is 1. The highest BCUT2D eigenvalue weighted by Gasteiger charge is 2.01. The molecule has 0 aliphatic carbocycles. The van der Waals surface area contributed by atoms with Crippen molar-refractivity contribution in [2.24, 2.45) is 0 Å². The Balaban J connectivity index is 1.68. The van der Waals surface area contributed by atoms with Crippen LogP contribution in [0.2, 0.25) is 0 Å². The fraction of sp³-hybridized carbons (Fsp3) is 0.0714. The van der Waals surface area contributed by atoms with Crippen LogP contribution in [0.15, 0.2) is 58.7 Å². The lowest BCUT2D eigenvalue weighted by atomic mass is 10.2. The molecular formula is C14H11NO2S. The second kappa shape index (κ2) is 5.06. The van der Waals surface area contributed by atoms with Crippen LogP contribution in [0.3, 0.4) is 0 Å². The van der Waals surface area contributed by atoms with E-state index >= 15 is 0 Å². The molecule has 0 N–H and O–H groups in total. The third-order valence-electron chi connectivity index (χ3n) is 2.51. The van der Waals surface area contributed by atoms with E-state index in [2.05, 4.69) is 4.98 Å². The summed E-state index contributed by atoms with van der Waals surface area (Å²) in [5.74, 6) is 1.70. The van der Waals surface area contributed by atoms with Gasteiger partial charge >= 0.3 is 0 Å². The van der Waals surface area contributed by atoms with E-state index in [1.807, 2.05) is 41.8 Å². The van der Waals surface area contributed by atoms with E-state index in [0.29, 0.717) is 6.61 Å².